The molecule has 4 N–H and O–H groups in total. The van der Waals surface area contributed by atoms with Crippen LogP contribution in [-0.2, 0) is 4.79 Å². The number of unbranched alkanes of at least 4 members (excludes halogenated alkanes) is 33. The van der Waals surface area contributed by atoms with E-state index in [1.807, 2.05) is 6.08 Å². The third-order valence-corrected chi connectivity index (χ3v) is 11.5. The Kier molecular flexibility index (Phi) is 45.1. The van der Waals surface area contributed by atoms with Gasteiger partial charge < -0.3 is 20.6 Å². The molecule has 0 fully saturated rings. The maximum Gasteiger partial charge on any atom is 0.249 e. The molecule has 0 aromatic heterocycles. The summed E-state index contributed by atoms with van der Waals surface area (Å²) in [6.45, 7) is 4.18. The topological polar surface area (TPSA) is 89.8 Å². The van der Waals surface area contributed by atoms with Gasteiger partial charge in [-0.3, -0.25) is 4.79 Å². The summed E-state index contributed by atoms with van der Waals surface area (Å²) < 4.78 is 0. The molecule has 0 heterocycles. The van der Waals surface area contributed by atoms with E-state index in [4.69, 9.17) is 0 Å². The van der Waals surface area contributed by atoms with E-state index in [0.717, 1.165) is 38.5 Å². The molecular formula is C51H97NO4. The van der Waals surface area contributed by atoms with Crippen LogP contribution in [0.5, 0.6) is 0 Å². The van der Waals surface area contributed by atoms with E-state index in [-0.39, 0.29) is 6.61 Å². The first-order valence-corrected chi connectivity index (χ1v) is 24.8. The highest BCUT2D eigenvalue weighted by molar-refractivity contribution is 5.80. The van der Waals surface area contributed by atoms with Gasteiger partial charge in [0.15, 0.2) is 0 Å². The van der Waals surface area contributed by atoms with Gasteiger partial charge in [-0.25, -0.2) is 0 Å². The van der Waals surface area contributed by atoms with Crippen molar-refractivity contribution in [1.82, 2.24) is 5.32 Å². The van der Waals surface area contributed by atoms with E-state index >= 15 is 0 Å². The minimum absolute atomic E-state index is 0.376. The molecule has 0 aliphatic rings. The second-order valence-corrected chi connectivity index (χ2v) is 17.0. The first-order chi connectivity index (χ1) is 27.6. The van der Waals surface area contributed by atoms with Gasteiger partial charge in [-0.15, -0.1) is 0 Å². The number of hydrogen-bond acceptors (Lipinski definition) is 4. The molecule has 0 rings (SSSR count). The van der Waals surface area contributed by atoms with Crippen molar-refractivity contribution in [3.05, 3.63) is 36.5 Å². The van der Waals surface area contributed by atoms with Crippen LogP contribution < -0.4 is 5.32 Å². The molecule has 0 saturated heterocycles. The predicted octanol–water partition coefficient (Wildman–Crippen LogP) is 14.7. The van der Waals surface area contributed by atoms with Crippen molar-refractivity contribution in [3.8, 4) is 0 Å². The number of allylic oxidation sites excluding steroid dienone is 5. The maximum absolute atomic E-state index is 12.5. The average Bonchev–Trinajstić information content (AvgIpc) is 3.20. The molecule has 3 atom stereocenters. The van der Waals surface area contributed by atoms with Gasteiger partial charge in [0.2, 0.25) is 5.91 Å². The van der Waals surface area contributed by atoms with E-state index < -0.39 is 24.2 Å². The Labute approximate surface area is 349 Å². The molecule has 0 bridgehead atoms. The van der Waals surface area contributed by atoms with Gasteiger partial charge >= 0.3 is 0 Å². The number of rotatable bonds is 45. The monoisotopic (exact) mass is 788 g/mol. The molecule has 0 spiro atoms. The van der Waals surface area contributed by atoms with Crippen LogP contribution in [0.1, 0.15) is 258 Å². The lowest BCUT2D eigenvalue weighted by atomic mass is 10.0. The summed E-state index contributed by atoms with van der Waals surface area (Å²) in [7, 11) is 0. The lowest BCUT2D eigenvalue weighted by Crippen LogP contribution is -2.48. The van der Waals surface area contributed by atoms with Crippen LogP contribution in [0.2, 0.25) is 0 Å². The summed E-state index contributed by atoms with van der Waals surface area (Å²) >= 11 is 0. The van der Waals surface area contributed by atoms with E-state index in [1.54, 1.807) is 6.08 Å². The largest absolute Gasteiger partial charge is 0.394 e. The lowest BCUT2D eigenvalue weighted by Gasteiger charge is -2.21. The molecule has 0 radical (unpaired) electrons. The van der Waals surface area contributed by atoms with Gasteiger partial charge in [-0.2, -0.15) is 0 Å². The van der Waals surface area contributed by atoms with Crippen molar-refractivity contribution < 1.29 is 20.1 Å². The fourth-order valence-electron chi connectivity index (χ4n) is 7.55. The highest BCUT2D eigenvalue weighted by Gasteiger charge is 2.22. The second-order valence-electron chi connectivity index (χ2n) is 17.0. The third-order valence-electron chi connectivity index (χ3n) is 11.5. The van der Waals surface area contributed by atoms with Crippen LogP contribution in [0, 0.1) is 0 Å². The van der Waals surface area contributed by atoms with Gasteiger partial charge in [0.05, 0.1) is 18.8 Å². The second kappa shape index (κ2) is 46.3. The molecule has 0 saturated carbocycles. The first-order valence-electron chi connectivity index (χ1n) is 24.8. The van der Waals surface area contributed by atoms with Crippen molar-refractivity contribution in [1.29, 1.82) is 0 Å². The van der Waals surface area contributed by atoms with Crippen molar-refractivity contribution in [2.45, 2.75) is 276 Å². The fraction of sp³-hybridized carbons (Fsp3) is 0.863. The summed E-state index contributed by atoms with van der Waals surface area (Å²) in [5.74, 6) is -0.513. The minimum atomic E-state index is -1.11. The van der Waals surface area contributed by atoms with Crippen LogP contribution in [0.4, 0.5) is 0 Å². The van der Waals surface area contributed by atoms with Gasteiger partial charge in [0.25, 0.3) is 0 Å². The molecule has 0 aromatic rings. The van der Waals surface area contributed by atoms with Gasteiger partial charge in [-0.05, 0) is 57.8 Å². The van der Waals surface area contributed by atoms with E-state index in [9.17, 15) is 20.1 Å². The zero-order valence-corrected chi connectivity index (χ0v) is 37.5. The van der Waals surface area contributed by atoms with Crippen LogP contribution >= 0.6 is 0 Å². The molecular weight excluding hydrogens is 691 g/mol. The Hall–Kier alpha value is -1.43. The number of aliphatic hydroxyl groups is 3. The number of amides is 1. The zero-order valence-electron chi connectivity index (χ0n) is 37.5. The number of aliphatic hydroxyl groups excluding tert-OH is 3. The molecule has 0 aliphatic carbocycles. The molecule has 3 unspecified atom stereocenters. The molecule has 5 heteroatoms. The average molecular weight is 788 g/mol. The van der Waals surface area contributed by atoms with Gasteiger partial charge in [0.1, 0.15) is 6.10 Å². The Balaban J connectivity index is 3.63. The first kappa shape index (κ1) is 54.6. The molecule has 1 amide bonds. The van der Waals surface area contributed by atoms with E-state index in [0.29, 0.717) is 6.42 Å². The smallest absolute Gasteiger partial charge is 0.249 e. The molecule has 0 aliphatic heterocycles. The Morgan fingerprint density at radius 1 is 0.429 bits per heavy atom. The molecule has 56 heavy (non-hydrogen) atoms. The summed E-state index contributed by atoms with van der Waals surface area (Å²) in [6.07, 6.45) is 59.1. The van der Waals surface area contributed by atoms with Gasteiger partial charge in [0, 0.05) is 0 Å². The third kappa shape index (κ3) is 40.8. The lowest BCUT2D eigenvalue weighted by molar-refractivity contribution is -0.131. The highest BCUT2D eigenvalue weighted by atomic mass is 16.3. The fourth-order valence-corrected chi connectivity index (χ4v) is 7.55. The van der Waals surface area contributed by atoms with Crippen LogP contribution in [-0.4, -0.2) is 46.1 Å². The summed E-state index contributed by atoms with van der Waals surface area (Å²) in [5, 5.41) is 33.2. The van der Waals surface area contributed by atoms with E-state index in [1.165, 1.54) is 199 Å². The summed E-state index contributed by atoms with van der Waals surface area (Å²) in [5.41, 5.74) is 0. The minimum Gasteiger partial charge on any atom is -0.394 e. The normalized spacial score (nSPS) is 13.7. The number of carbonyl (C=O) groups is 1. The zero-order chi connectivity index (χ0) is 40.8. The van der Waals surface area contributed by atoms with Crippen molar-refractivity contribution >= 4 is 5.91 Å². The Morgan fingerprint density at radius 3 is 1.09 bits per heavy atom. The molecule has 5 nitrogen and oxygen atoms in total. The van der Waals surface area contributed by atoms with Crippen molar-refractivity contribution in [2.24, 2.45) is 0 Å². The summed E-state index contributed by atoms with van der Waals surface area (Å²) in [6, 6.07) is -0.814. The van der Waals surface area contributed by atoms with Crippen molar-refractivity contribution in [3.63, 3.8) is 0 Å². The van der Waals surface area contributed by atoms with Crippen LogP contribution in [0.15, 0.2) is 36.5 Å². The van der Waals surface area contributed by atoms with Gasteiger partial charge in [-0.1, -0.05) is 237 Å². The quantitative estimate of drug-likeness (QED) is 0.0365. The molecule has 330 valence electrons. The summed E-state index contributed by atoms with van der Waals surface area (Å²) in [4.78, 5) is 12.5. The highest BCUT2D eigenvalue weighted by Crippen LogP contribution is 2.16. The number of carbonyl (C=O) groups excluding carboxylic acids is 1. The SMILES string of the molecule is CCCCCCCCCCCC/C=C/CC/C=C/C(O)C(CO)NC(=O)C(O)CCCCCCCCCCCC/C=C\CCCCCCCCCCCCCC. The van der Waals surface area contributed by atoms with Crippen molar-refractivity contribution in [2.75, 3.05) is 6.61 Å². The Morgan fingerprint density at radius 2 is 0.732 bits per heavy atom. The van der Waals surface area contributed by atoms with Crippen LogP contribution in [0.25, 0.3) is 0 Å². The predicted molar refractivity (Wildman–Crippen MR) is 245 cm³/mol. The molecule has 0 aromatic carbocycles. The van der Waals surface area contributed by atoms with E-state index in [2.05, 4.69) is 43.5 Å². The van der Waals surface area contributed by atoms with Crippen LogP contribution in [0.3, 0.4) is 0 Å². The Bertz CT molecular complexity index is 870. The standard InChI is InChI=1S/C51H97NO4/c1-3-5-7-9-11-13-15-17-19-21-22-23-24-25-26-27-28-29-30-32-34-36-38-40-42-44-46-50(55)51(56)52-48(47-53)49(54)45-43-41-39-37-35-33-31-20-18-16-14-12-10-8-6-4-2/h25-26,35,37,43,45,48-50,53-55H,3-24,27-34,36,38-42,44,46-47H2,1-2H3,(H,52,56)/b26-25-,37-35+,45-43+. The number of hydrogen-bond donors (Lipinski definition) is 4. The maximum atomic E-state index is 12.5. The number of nitrogens with one attached hydrogen (secondary N) is 1.